The molecule has 17 nitrogen and oxygen atoms in total. The van der Waals surface area contributed by atoms with E-state index in [0.717, 1.165) is 34.1 Å². The summed E-state index contributed by atoms with van der Waals surface area (Å²) in [4.78, 5) is 111. The average Bonchev–Trinajstić information content (AvgIpc) is 3.47. The number of imide groups is 2. The van der Waals surface area contributed by atoms with Crippen molar-refractivity contribution in [3.05, 3.63) is 24.3 Å². The van der Waals surface area contributed by atoms with Crippen molar-refractivity contribution in [3.8, 4) is 0 Å². The summed E-state index contributed by atoms with van der Waals surface area (Å²) in [5.41, 5.74) is 0. The Kier molecular flexibility index (Phi) is 14.0. The van der Waals surface area contributed by atoms with Gasteiger partial charge in [0.15, 0.2) is 0 Å². The van der Waals surface area contributed by atoms with E-state index in [4.69, 9.17) is 4.74 Å². The fraction of sp³-hybridized carbons (Fsp3) is 0.536. The Labute approximate surface area is 259 Å². The van der Waals surface area contributed by atoms with Gasteiger partial charge in [0, 0.05) is 75.8 Å². The Balaban J connectivity index is 1.83. The molecule has 0 aromatic carbocycles. The summed E-state index contributed by atoms with van der Waals surface area (Å²) in [5, 5.41) is 12.7. The summed E-state index contributed by atoms with van der Waals surface area (Å²) >= 11 is 0. The van der Waals surface area contributed by atoms with Crippen molar-refractivity contribution >= 4 is 53.2 Å². The van der Waals surface area contributed by atoms with Crippen LogP contribution in [0.15, 0.2) is 24.3 Å². The van der Waals surface area contributed by atoms with Gasteiger partial charge in [0.2, 0.25) is 29.5 Å². The summed E-state index contributed by atoms with van der Waals surface area (Å²) in [6.07, 6.45) is 1.79. The Morgan fingerprint density at radius 2 is 1.24 bits per heavy atom. The van der Waals surface area contributed by atoms with Crippen molar-refractivity contribution < 1.29 is 47.9 Å². The van der Waals surface area contributed by atoms with Crippen molar-refractivity contribution in [2.45, 2.75) is 71.3 Å². The fourth-order valence-electron chi connectivity index (χ4n) is 4.28. The molecule has 2 aliphatic rings. The number of nitrogens with zero attached hydrogens (tertiary/aromatic N) is 2. The predicted molar refractivity (Wildman–Crippen MR) is 155 cm³/mol. The zero-order valence-corrected chi connectivity index (χ0v) is 25.5. The third-order valence-corrected chi connectivity index (χ3v) is 6.57. The first-order valence-corrected chi connectivity index (χ1v) is 14.4. The van der Waals surface area contributed by atoms with Crippen molar-refractivity contribution in [2.24, 2.45) is 0 Å². The van der Waals surface area contributed by atoms with E-state index in [1.807, 2.05) is 0 Å². The molecule has 0 aromatic heterocycles. The Morgan fingerprint density at radius 3 is 1.82 bits per heavy atom. The molecule has 9 amide bonds. The molecular weight excluding hydrogens is 594 g/mol. The third-order valence-electron chi connectivity index (χ3n) is 6.57. The standard InChI is InChI=1S/C28H39N7O10/c1-5-45-17(3)28(44)33-19(14-21(37)30-12-11-29-20(36)10-13-34-23(39)6-7-24(34)40)15-22(38)31-18(4)32-27(43)16(2)35-25(41)8-9-26(35)42/h6-9,16-19H,5,10-15H2,1-4H3,(H,29,36)(H,30,37)(H,31,38)(H,32,43)(H,33,44). The van der Waals surface area contributed by atoms with Crippen LogP contribution in [-0.4, -0.2) is 114 Å². The summed E-state index contributed by atoms with van der Waals surface area (Å²) in [7, 11) is 0. The van der Waals surface area contributed by atoms with Crippen molar-refractivity contribution in [2.75, 3.05) is 26.2 Å². The molecular formula is C28H39N7O10. The molecule has 0 radical (unpaired) electrons. The van der Waals surface area contributed by atoms with Gasteiger partial charge in [-0.15, -0.1) is 0 Å². The Morgan fingerprint density at radius 1 is 0.711 bits per heavy atom. The van der Waals surface area contributed by atoms with Crippen molar-refractivity contribution in [3.63, 3.8) is 0 Å². The van der Waals surface area contributed by atoms with Gasteiger partial charge in [0.1, 0.15) is 12.1 Å². The van der Waals surface area contributed by atoms with Crippen LogP contribution in [0.5, 0.6) is 0 Å². The number of amides is 9. The molecule has 45 heavy (non-hydrogen) atoms. The van der Waals surface area contributed by atoms with E-state index in [-0.39, 0.29) is 45.5 Å². The first-order valence-electron chi connectivity index (χ1n) is 14.4. The van der Waals surface area contributed by atoms with E-state index in [0.29, 0.717) is 0 Å². The lowest BCUT2D eigenvalue weighted by Crippen LogP contribution is -2.54. The van der Waals surface area contributed by atoms with Gasteiger partial charge in [-0.3, -0.25) is 53.0 Å². The lowest BCUT2D eigenvalue weighted by molar-refractivity contribution is -0.145. The van der Waals surface area contributed by atoms with Crippen LogP contribution in [0.2, 0.25) is 0 Å². The maximum absolute atomic E-state index is 12.8. The van der Waals surface area contributed by atoms with Gasteiger partial charge in [0.05, 0.1) is 6.17 Å². The normalized spacial score (nSPS) is 16.7. The largest absolute Gasteiger partial charge is 0.369 e. The van der Waals surface area contributed by atoms with E-state index < -0.39 is 77.5 Å². The minimum Gasteiger partial charge on any atom is -0.369 e. The van der Waals surface area contributed by atoms with Crippen LogP contribution in [0.3, 0.4) is 0 Å². The number of ether oxygens (including phenoxy) is 1. The van der Waals surface area contributed by atoms with Crippen LogP contribution < -0.4 is 26.6 Å². The fourth-order valence-corrected chi connectivity index (χ4v) is 4.28. The molecule has 4 atom stereocenters. The second kappa shape index (κ2) is 17.4. The van der Waals surface area contributed by atoms with Gasteiger partial charge >= 0.3 is 0 Å². The Hall–Kier alpha value is -4.93. The number of carbonyl (C=O) groups is 9. The van der Waals surface area contributed by atoms with Gasteiger partial charge in [-0.2, -0.15) is 0 Å². The van der Waals surface area contributed by atoms with Crippen LogP contribution in [0.25, 0.3) is 0 Å². The molecule has 0 aliphatic carbocycles. The van der Waals surface area contributed by atoms with Crippen molar-refractivity contribution in [1.29, 1.82) is 0 Å². The molecule has 2 heterocycles. The molecule has 17 heteroatoms. The maximum Gasteiger partial charge on any atom is 0.254 e. The first kappa shape index (κ1) is 36.3. The number of rotatable bonds is 18. The highest BCUT2D eigenvalue weighted by Crippen LogP contribution is 2.09. The van der Waals surface area contributed by atoms with Gasteiger partial charge in [-0.25, -0.2) is 0 Å². The lowest BCUT2D eigenvalue weighted by atomic mass is 10.1. The molecule has 0 saturated heterocycles. The smallest absolute Gasteiger partial charge is 0.254 e. The zero-order valence-electron chi connectivity index (χ0n) is 25.5. The number of hydrogen-bond donors (Lipinski definition) is 5. The highest BCUT2D eigenvalue weighted by molar-refractivity contribution is 6.15. The lowest BCUT2D eigenvalue weighted by Gasteiger charge is -2.25. The van der Waals surface area contributed by atoms with Crippen molar-refractivity contribution in [1.82, 2.24) is 36.4 Å². The molecule has 0 spiro atoms. The second-order valence-electron chi connectivity index (χ2n) is 10.2. The van der Waals surface area contributed by atoms with E-state index in [9.17, 15) is 43.2 Å². The summed E-state index contributed by atoms with van der Waals surface area (Å²) in [6.45, 7) is 6.27. The van der Waals surface area contributed by atoms with Gasteiger partial charge < -0.3 is 31.3 Å². The molecule has 5 N–H and O–H groups in total. The van der Waals surface area contributed by atoms with E-state index in [2.05, 4.69) is 26.6 Å². The minimum absolute atomic E-state index is 0.0225. The summed E-state index contributed by atoms with van der Waals surface area (Å²) < 4.78 is 5.27. The van der Waals surface area contributed by atoms with Crippen LogP contribution in [0, 0.1) is 0 Å². The van der Waals surface area contributed by atoms with Gasteiger partial charge in [-0.1, -0.05) is 0 Å². The zero-order chi connectivity index (χ0) is 33.7. The van der Waals surface area contributed by atoms with Crippen LogP contribution >= 0.6 is 0 Å². The quantitative estimate of drug-likeness (QED) is 0.0588. The number of carbonyl (C=O) groups excluding carboxylic acids is 9. The van der Waals surface area contributed by atoms with Gasteiger partial charge in [0.25, 0.3) is 23.6 Å². The molecule has 0 saturated carbocycles. The molecule has 0 aromatic rings. The van der Waals surface area contributed by atoms with E-state index in [1.54, 1.807) is 6.92 Å². The van der Waals surface area contributed by atoms with Crippen LogP contribution in [-0.2, 0) is 47.9 Å². The van der Waals surface area contributed by atoms with E-state index in [1.165, 1.54) is 20.8 Å². The minimum atomic E-state index is -1.13. The van der Waals surface area contributed by atoms with Crippen LogP contribution in [0.4, 0.5) is 0 Å². The maximum atomic E-state index is 12.8. The molecule has 246 valence electrons. The molecule has 2 aliphatic heterocycles. The average molecular weight is 634 g/mol. The molecule has 4 unspecified atom stereocenters. The molecule has 0 fully saturated rings. The second-order valence-corrected chi connectivity index (χ2v) is 10.2. The third kappa shape index (κ3) is 11.6. The van der Waals surface area contributed by atoms with Gasteiger partial charge in [-0.05, 0) is 27.7 Å². The summed E-state index contributed by atoms with van der Waals surface area (Å²) in [6, 6.07) is -2.09. The summed E-state index contributed by atoms with van der Waals surface area (Å²) in [5.74, 6) is -5.09. The monoisotopic (exact) mass is 633 g/mol. The first-order chi connectivity index (χ1) is 21.2. The highest BCUT2D eigenvalue weighted by atomic mass is 16.5. The predicted octanol–water partition coefficient (Wildman–Crippen LogP) is -2.88. The number of nitrogens with one attached hydrogen (secondary N) is 5. The SMILES string of the molecule is CCOC(C)C(=O)NC(CC(=O)NCCNC(=O)CCN1C(=O)C=CC1=O)CC(=O)NC(C)NC(=O)C(C)N1C(=O)C=CC1=O. The molecule has 0 bridgehead atoms. The number of hydrogen-bond acceptors (Lipinski definition) is 10. The highest BCUT2D eigenvalue weighted by Gasteiger charge is 2.33. The van der Waals surface area contributed by atoms with E-state index >= 15 is 0 Å². The molecule has 2 rings (SSSR count). The van der Waals surface area contributed by atoms with Crippen LogP contribution in [0.1, 0.15) is 47.0 Å². The Bertz CT molecular complexity index is 1230. The topological polar surface area (TPSA) is 229 Å².